The van der Waals surface area contributed by atoms with E-state index in [9.17, 15) is 29.1 Å². The van der Waals surface area contributed by atoms with E-state index in [4.69, 9.17) is 11.5 Å². The van der Waals surface area contributed by atoms with Gasteiger partial charge in [-0.25, -0.2) is 9.78 Å². The van der Waals surface area contributed by atoms with Gasteiger partial charge in [-0.1, -0.05) is 18.2 Å². The lowest BCUT2D eigenvalue weighted by molar-refractivity contribution is -0.142. The molecule has 2 heterocycles. The van der Waals surface area contributed by atoms with Crippen LogP contribution in [0, 0.1) is 0 Å². The number of hydrogen-bond acceptors (Lipinski definition) is 8. The number of rotatable bonds is 14. The number of aromatic nitrogens is 3. The van der Waals surface area contributed by atoms with Crippen LogP contribution < -0.4 is 27.4 Å². The van der Waals surface area contributed by atoms with Crippen molar-refractivity contribution in [2.24, 2.45) is 11.5 Å². The Morgan fingerprint density at radius 1 is 0.949 bits per heavy atom. The van der Waals surface area contributed by atoms with E-state index in [0.29, 0.717) is 11.3 Å². The number of para-hydroxylation sites is 1. The van der Waals surface area contributed by atoms with Crippen LogP contribution in [0.4, 0.5) is 0 Å². The molecular weight excluding hydrogens is 528 g/mol. The van der Waals surface area contributed by atoms with E-state index in [1.54, 1.807) is 6.20 Å². The predicted molar refractivity (Wildman–Crippen MR) is 143 cm³/mol. The van der Waals surface area contributed by atoms with Crippen LogP contribution in [0.3, 0.4) is 0 Å². The Bertz CT molecular complexity index is 1330. The number of nitrogens with one attached hydrogen (secondary N) is 5. The molecule has 208 valence electrons. The number of H-pyrrole nitrogens is 2. The minimum atomic E-state index is -1.30. The van der Waals surface area contributed by atoms with Gasteiger partial charge in [-0.2, -0.15) is 12.6 Å². The van der Waals surface area contributed by atoms with Gasteiger partial charge in [-0.05, 0) is 11.6 Å². The van der Waals surface area contributed by atoms with E-state index >= 15 is 0 Å². The summed E-state index contributed by atoms with van der Waals surface area (Å²) in [4.78, 5) is 71.4. The number of carbonyl (C=O) groups excluding carboxylic acids is 4. The van der Waals surface area contributed by atoms with E-state index in [-0.39, 0.29) is 18.6 Å². The third kappa shape index (κ3) is 8.05. The molecule has 3 rings (SSSR count). The summed E-state index contributed by atoms with van der Waals surface area (Å²) in [5, 5.41) is 17.8. The van der Waals surface area contributed by atoms with Crippen LogP contribution in [-0.2, 0) is 36.8 Å². The summed E-state index contributed by atoms with van der Waals surface area (Å²) in [6, 6.07) is 2.32. The highest BCUT2D eigenvalue weighted by Crippen LogP contribution is 2.19. The summed E-state index contributed by atoms with van der Waals surface area (Å²) in [6.07, 6.45) is 4.03. The zero-order chi connectivity index (χ0) is 28.5. The molecule has 0 unspecified atom stereocenters. The number of hydrogen-bond donors (Lipinski definition) is 9. The molecule has 10 N–H and O–H groups in total. The number of thiol groups is 1. The van der Waals surface area contributed by atoms with E-state index in [1.165, 1.54) is 12.5 Å². The van der Waals surface area contributed by atoms with Crippen LogP contribution in [-0.4, -0.2) is 79.6 Å². The van der Waals surface area contributed by atoms with Crippen LogP contribution in [0.2, 0.25) is 0 Å². The fourth-order valence-corrected chi connectivity index (χ4v) is 4.13. The maximum absolute atomic E-state index is 13.3. The van der Waals surface area contributed by atoms with Crippen LogP contribution in [0.15, 0.2) is 43.0 Å². The second kappa shape index (κ2) is 13.4. The number of primary amides is 1. The summed E-state index contributed by atoms with van der Waals surface area (Å²) >= 11 is 4.14. The van der Waals surface area contributed by atoms with Crippen molar-refractivity contribution in [1.82, 2.24) is 30.9 Å². The lowest BCUT2D eigenvalue weighted by Gasteiger charge is -2.24. The highest BCUT2D eigenvalue weighted by molar-refractivity contribution is 7.80. The normalized spacial score (nSPS) is 14.1. The van der Waals surface area contributed by atoms with Crippen molar-refractivity contribution in [2.75, 3.05) is 5.75 Å². The number of nitrogens with two attached hydrogens (primary N) is 2. The van der Waals surface area contributed by atoms with Crippen molar-refractivity contribution in [1.29, 1.82) is 0 Å². The number of carbonyl (C=O) groups is 5. The number of carboxylic acid groups (broad SMARTS) is 1. The first-order valence-corrected chi connectivity index (χ1v) is 12.5. The van der Waals surface area contributed by atoms with E-state index < -0.39 is 60.2 Å². The van der Waals surface area contributed by atoms with Crippen molar-refractivity contribution in [3.8, 4) is 0 Å². The van der Waals surface area contributed by atoms with Crippen molar-refractivity contribution in [2.45, 2.75) is 43.4 Å². The number of carboxylic acids is 1. The average molecular weight is 559 g/mol. The zero-order valence-corrected chi connectivity index (χ0v) is 21.6. The first-order chi connectivity index (χ1) is 18.6. The fourth-order valence-electron chi connectivity index (χ4n) is 3.87. The number of aromatic amines is 2. The molecule has 0 spiro atoms. The topological polar surface area (TPSA) is 238 Å². The predicted octanol–water partition coefficient (Wildman–Crippen LogP) is -1.65. The molecule has 4 amide bonds. The summed E-state index contributed by atoms with van der Waals surface area (Å²) in [7, 11) is 0. The molecule has 0 aliphatic heterocycles. The highest BCUT2D eigenvalue weighted by atomic mass is 32.1. The minimum Gasteiger partial charge on any atom is -0.480 e. The number of benzene rings is 1. The van der Waals surface area contributed by atoms with Crippen LogP contribution in [0.5, 0.6) is 0 Å². The Morgan fingerprint density at radius 3 is 2.26 bits per heavy atom. The lowest BCUT2D eigenvalue weighted by atomic mass is 10.0. The van der Waals surface area contributed by atoms with Gasteiger partial charge < -0.3 is 42.5 Å². The summed E-state index contributed by atoms with van der Waals surface area (Å²) < 4.78 is 0. The van der Waals surface area contributed by atoms with Gasteiger partial charge in [-0.3, -0.25) is 19.2 Å². The largest absolute Gasteiger partial charge is 0.480 e. The minimum absolute atomic E-state index is 0.0172. The van der Waals surface area contributed by atoms with Gasteiger partial charge >= 0.3 is 5.97 Å². The molecule has 0 aliphatic carbocycles. The van der Waals surface area contributed by atoms with E-state index in [0.717, 1.165) is 10.9 Å². The van der Waals surface area contributed by atoms with Gasteiger partial charge in [0.25, 0.3) is 0 Å². The Balaban J connectivity index is 1.76. The number of imidazole rings is 1. The lowest BCUT2D eigenvalue weighted by Crippen LogP contribution is -2.58. The standard InChI is InChI=1S/C24H30N8O6S/c25-15(7-20(26)33)21(34)30-17(5-12-8-28-16-4-2-1-3-14(12)16)22(35)32-19(10-39)23(36)31-18(24(37)38)6-13-9-27-11-29-13/h1-4,8-9,11,15,17-19,28,39H,5-7,10,25H2,(H2,26,33)(H,27,29)(H,30,34)(H,31,36)(H,32,35)(H,37,38)/t15-,17-,18-,19-/m0/s1. The molecule has 0 saturated carbocycles. The smallest absolute Gasteiger partial charge is 0.326 e. The van der Waals surface area contributed by atoms with E-state index in [2.05, 4.69) is 43.5 Å². The Labute approximate surface area is 228 Å². The highest BCUT2D eigenvalue weighted by Gasteiger charge is 2.31. The molecule has 1 aromatic carbocycles. The number of fused-ring (bicyclic) bond motifs is 1. The average Bonchev–Trinajstić information content (AvgIpc) is 3.55. The number of amides is 4. The molecule has 3 aromatic rings. The summed E-state index contributed by atoms with van der Waals surface area (Å²) in [5.41, 5.74) is 12.9. The molecule has 4 atom stereocenters. The second-order valence-corrected chi connectivity index (χ2v) is 9.19. The van der Waals surface area contributed by atoms with Gasteiger partial charge in [0.2, 0.25) is 23.6 Å². The molecule has 0 saturated heterocycles. The maximum atomic E-state index is 13.3. The van der Waals surface area contributed by atoms with Gasteiger partial charge in [0.05, 0.1) is 18.8 Å². The quantitative estimate of drug-likeness (QED) is 0.104. The Morgan fingerprint density at radius 2 is 1.62 bits per heavy atom. The Hall–Kier alpha value is -4.37. The van der Waals surface area contributed by atoms with Crippen molar-refractivity contribution >= 4 is 53.1 Å². The molecule has 0 aliphatic rings. The SMILES string of the molecule is NC(=O)C[C@H](N)C(=O)N[C@@H](Cc1c[nH]c2ccccc12)C(=O)N[C@@H](CS)C(=O)N[C@@H](Cc1cnc[nH]1)C(=O)O. The van der Waals surface area contributed by atoms with E-state index in [1.807, 2.05) is 24.3 Å². The Kier molecular flexibility index (Phi) is 10.1. The third-order valence-electron chi connectivity index (χ3n) is 5.90. The van der Waals surface area contributed by atoms with Crippen LogP contribution >= 0.6 is 12.6 Å². The van der Waals surface area contributed by atoms with Crippen LogP contribution in [0.25, 0.3) is 10.9 Å². The number of nitrogens with zero attached hydrogens (tertiary/aromatic N) is 1. The molecule has 39 heavy (non-hydrogen) atoms. The molecule has 2 aromatic heterocycles. The van der Waals surface area contributed by atoms with Gasteiger partial charge in [0, 0.05) is 47.6 Å². The summed E-state index contributed by atoms with van der Waals surface area (Å²) in [6.45, 7) is 0. The molecule has 15 heteroatoms. The zero-order valence-electron chi connectivity index (χ0n) is 20.7. The monoisotopic (exact) mass is 558 g/mol. The van der Waals surface area contributed by atoms with Crippen molar-refractivity contribution in [3.05, 3.63) is 54.2 Å². The maximum Gasteiger partial charge on any atom is 0.326 e. The van der Waals surface area contributed by atoms with Crippen LogP contribution in [0.1, 0.15) is 17.7 Å². The first-order valence-electron chi connectivity index (χ1n) is 11.9. The molecule has 0 fully saturated rings. The molecule has 0 bridgehead atoms. The van der Waals surface area contributed by atoms with Gasteiger partial charge in [0.15, 0.2) is 0 Å². The molecule has 14 nitrogen and oxygen atoms in total. The fraction of sp³-hybridized carbons (Fsp3) is 0.333. The summed E-state index contributed by atoms with van der Waals surface area (Å²) in [5.74, 6) is -4.54. The third-order valence-corrected chi connectivity index (χ3v) is 6.26. The van der Waals surface area contributed by atoms with Crippen molar-refractivity contribution < 1.29 is 29.1 Å². The number of aliphatic carboxylic acids is 1. The second-order valence-electron chi connectivity index (χ2n) is 8.83. The molecular formula is C24H30N8O6S. The van der Waals surface area contributed by atoms with Gasteiger partial charge in [-0.15, -0.1) is 0 Å². The molecule has 0 radical (unpaired) electrons. The van der Waals surface area contributed by atoms with Crippen molar-refractivity contribution in [3.63, 3.8) is 0 Å². The van der Waals surface area contributed by atoms with Gasteiger partial charge in [0.1, 0.15) is 18.1 Å². The first kappa shape index (κ1) is 29.2.